The number of ether oxygens (including phenoxy) is 1. The van der Waals surface area contributed by atoms with Gasteiger partial charge < -0.3 is 15.0 Å². The number of amides is 1. The zero-order chi connectivity index (χ0) is 25.5. The molecule has 0 saturated carbocycles. The number of hydrogen-bond donors (Lipinski definition) is 1. The zero-order valence-electron chi connectivity index (χ0n) is 19.8. The maximum atomic E-state index is 14.7. The van der Waals surface area contributed by atoms with Gasteiger partial charge in [-0.25, -0.2) is 23.1 Å². The number of anilines is 1. The fourth-order valence-corrected chi connectivity index (χ4v) is 4.61. The van der Waals surface area contributed by atoms with Crippen LogP contribution in [0.2, 0.25) is 0 Å². The number of pyridine rings is 1. The highest BCUT2D eigenvalue weighted by Gasteiger charge is 2.43. The lowest BCUT2D eigenvalue weighted by Crippen LogP contribution is -2.40. The Morgan fingerprint density at radius 3 is 2.60 bits per heavy atom. The van der Waals surface area contributed by atoms with Gasteiger partial charge in [-0.3, -0.25) is 14.2 Å². The summed E-state index contributed by atoms with van der Waals surface area (Å²) in [5.74, 6) is -0.800. The van der Waals surface area contributed by atoms with Gasteiger partial charge in [0.1, 0.15) is 29.2 Å². The molecule has 1 fully saturated rings. The molecule has 2 atom stereocenters. The van der Waals surface area contributed by atoms with E-state index in [0.717, 1.165) is 6.07 Å². The van der Waals surface area contributed by atoms with E-state index in [9.17, 15) is 22.8 Å². The zero-order valence-corrected chi connectivity index (χ0v) is 19.8. The average molecular weight is 489 g/mol. The summed E-state index contributed by atoms with van der Waals surface area (Å²) in [5.41, 5.74) is -1.27. The molecule has 35 heavy (non-hydrogen) atoms. The maximum absolute atomic E-state index is 14.7. The quantitative estimate of drug-likeness (QED) is 0.569. The van der Waals surface area contributed by atoms with Gasteiger partial charge >= 0.3 is 0 Å². The minimum atomic E-state index is -2.94. The molecule has 3 aromatic rings. The van der Waals surface area contributed by atoms with Gasteiger partial charge in [-0.05, 0) is 13.0 Å². The second kappa shape index (κ2) is 9.29. The fraction of sp³-hybridized carbons (Fsp3) is 0.417. The van der Waals surface area contributed by atoms with Crippen molar-refractivity contribution in [2.45, 2.75) is 38.3 Å². The predicted octanol–water partition coefficient (Wildman–Crippen LogP) is 3.67. The van der Waals surface area contributed by atoms with Gasteiger partial charge in [-0.15, -0.1) is 0 Å². The van der Waals surface area contributed by atoms with E-state index in [1.807, 2.05) is 0 Å². The van der Waals surface area contributed by atoms with E-state index >= 15 is 0 Å². The molecule has 11 heteroatoms. The van der Waals surface area contributed by atoms with E-state index in [1.54, 1.807) is 24.9 Å². The molecule has 4 rings (SSSR count). The number of alkyl halides is 2. The molecule has 0 unspecified atom stereocenters. The molecule has 1 aliphatic rings. The second-order valence-corrected chi connectivity index (χ2v) is 8.69. The number of aryl methyl sites for hydroxylation is 1. The van der Waals surface area contributed by atoms with Gasteiger partial charge in [0.15, 0.2) is 0 Å². The minimum absolute atomic E-state index is 0.0564. The Bertz CT molecular complexity index is 1350. The summed E-state index contributed by atoms with van der Waals surface area (Å²) in [6.45, 7) is 3.75. The minimum Gasteiger partial charge on any atom is -0.371 e. The number of likely N-dealkylation sites (tertiary alicyclic amines) is 1. The number of aromatic nitrogens is 3. The van der Waals surface area contributed by atoms with E-state index in [0.29, 0.717) is 35.4 Å². The molecule has 2 aromatic heterocycles. The Morgan fingerprint density at radius 1 is 1.26 bits per heavy atom. The van der Waals surface area contributed by atoms with Crippen LogP contribution in [0.4, 0.5) is 19.0 Å². The van der Waals surface area contributed by atoms with Gasteiger partial charge in [-0.2, -0.15) is 0 Å². The molecule has 1 aromatic carbocycles. The third-order valence-corrected chi connectivity index (χ3v) is 6.68. The summed E-state index contributed by atoms with van der Waals surface area (Å²) in [5, 5.41) is 3.55. The van der Waals surface area contributed by atoms with Gasteiger partial charge in [-0.1, -0.05) is 18.2 Å². The molecule has 0 radical (unpaired) electrons. The predicted molar refractivity (Wildman–Crippen MR) is 124 cm³/mol. The lowest BCUT2D eigenvalue weighted by Gasteiger charge is -2.28. The first kappa shape index (κ1) is 24.6. The lowest BCUT2D eigenvalue weighted by atomic mass is 9.92. The van der Waals surface area contributed by atoms with Gasteiger partial charge in [0, 0.05) is 39.6 Å². The normalized spacial score (nSPS) is 18.9. The van der Waals surface area contributed by atoms with Crippen LogP contribution in [0.3, 0.4) is 0 Å². The first-order valence-electron chi connectivity index (χ1n) is 11.1. The summed E-state index contributed by atoms with van der Waals surface area (Å²) in [6.07, 6.45) is -1.24. The topological polar surface area (TPSA) is 89.3 Å². The Morgan fingerprint density at radius 2 is 1.97 bits per heavy atom. The molecule has 1 saturated heterocycles. The molecule has 0 spiro atoms. The molecule has 1 N–H and O–H groups in total. The van der Waals surface area contributed by atoms with Gasteiger partial charge in [0.05, 0.1) is 29.1 Å². The number of methoxy groups -OCH3 is 1. The van der Waals surface area contributed by atoms with Crippen LogP contribution in [0.25, 0.3) is 11.0 Å². The molecule has 0 bridgehead atoms. The van der Waals surface area contributed by atoms with Crippen molar-refractivity contribution in [2.24, 2.45) is 7.05 Å². The number of carbonyl (C=O) groups excluding carboxylic acids is 1. The number of hydrogen-bond acceptors (Lipinski definition) is 6. The van der Waals surface area contributed by atoms with Crippen LogP contribution in [-0.2, 0) is 22.2 Å². The lowest BCUT2D eigenvalue weighted by molar-refractivity contribution is -0.129. The number of benzene rings is 1. The van der Waals surface area contributed by atoms with Crippen LogP contribution in [0, 0.1) is 5.82 Å². The van der Waals surface area contributed by atoms with Crippen LogP contribution in [-0.4, -0.2) is 45.5 Å². The second-order valence-electron chi connectivity index (χ2n) is 8.69. The largest absolute Gasteiger partial charge is 0.371 e. The van der Waals surface area contributed by atoms with Crippen molar-refractivity contribution in [1.82, 2.24) is 19.4 Å². The van der Waals surface area contributed by atoms with Crippen LogP contribution in [0.5, 0.6) is 0 Å². The van der Waals surface area contributed by atoms with Gasteiger partial charge in [0.2, 0.25) is 5.91 Å². The van der Waals surface area contributed by atoms with Crippen molar-refractivity contribution >= 4 is 22.8 Å². The summed E-state index contributed by atoms with van der Waals surface area (Å²) >= 11 is 0. The molecule has 3 heterocycles. The fourth-order valence-electron chi connectivity index (χ4n) is 4.61. The number of halogens is 3. The van der Waals surface area contributed by atoms with Crippen molar-refractivity contribution in [3.05, 3.63) is 63.5 Å². The SMILES string of the molecule is CO[C@]1(c2cc3c(N[C@H](C)c4cccc(C(F)F)c4F)ncnc3n(C)c2=O)CCN(C(C)=O)C1. The van der Waals surface area contributed by atoms with Crippen molar-refractivity contribution in [3.8, 4) is 0 Å². The van der Waals surface area contributed by atoms with E-state index in [2.05, 4.69) is 15.3 Å². The summed E-state index contributed by atoms with van der Waals surface area (Å²) in [6, 6.07) is 4.77. The third kappa shape index (κ3) is 4.24. The third-order valence-electron chi connectivity index (χ3n) is 6.68. The standard InChI is InChI=1S/C24H26F3N5O3/c1-13(15-6-5-7-16(19(15)25)20(26)27)30-21-17-10-18(23(34)31(3)22(17)29-12-28-21)24(35-4)8-9-32(11-24)14(2)33/h5-7,10,12-13,20H,8-9,11H2,1-4H3,(H,28,29,30)/t13-,24-/m1/s1. The first-order chi connectivity index (χ1) is 16.6. The summed E-state index contributed by atoms with van der Waals surface area (Å²) < 4.78 is 48.3. The number of nitrogens with zero attached hydrogens (tertiary/aromatic N) is 4. The molecular weight excluding hydrogens is 463 g/mol. The maximum Gasteiger partial charge on any atom is 0.266 e. The van der Waals surface area contributed by atoms with Crippen molar-refractivity contribution in [2.75, 3.05) is 25.5 Å². The highest BCUT2D eigenvalue weighted by molar-refractivity contribution is 5.87. The smallest absolute Gasteiger partial charge is 0.266 e. The molecule has 1 aliphatic heterocycles. The van der Waals surface area contributed by atoms with Crippen LogP contribution in [0.15, 0.2) is 35.4 Å². The van der Waals surface area contributed by atoms with Crippen molar-refractivity contribution in [1.29, 1.82) is 0 Å². The summed E-state index contributed by atoms with van der Waals surface area (Å²) in [7, 11) is 3.07. The van der Waals surface area contributed by atoms with E-state index in [1.165, 1.54) is 37.1 Å². The molecule has 0 aliphatic carbocycles. The van der Waals surface area contributed by atoms with Crippen LogP contribution >= 0.6 is 0 Å². The van der Waals surface area contributed by atoms with Crippen LogP contribution in [0.1, 0.15) is 49.4 Å². The molecule has 1 amide bonds. The highest BCUT2D eigenvalue weighted by Crippen LogP contribution is 2.36. The van der Waals surface area contributed by atoms with Gasteiger partial charge in [0.25, 0.3) is 12.0 Å². The molecule has 8 nitrogen and oxygen atoms in total. The average Bonchev–Trinajstić information content (AvgIpc) is 3.27. The first-order valence-corrected chi connectivity index (χ1v) is 11.1. The number of rotatable bonds is 6. The Kier molecular flexibility index (Phi) is 6.54. The molecule has 186 valence electrons. The Balaban J connectivity index is 1.80. The number of carbonyl (C=O) groups is 1. The molecular formula is C24H26F3N5O3. The number of nitrogens with one attached hydrogen (secondary N) is 1. The van der Waals surface area contributed by atoms with E-state index in [-0.39, 0.29) is 23.6 Å². The Hall–Kier alpha value is -3.47. The van der Waals surface area contributed by atoms with E-state index < -0.39 is 29.4 Å². The van der Waals surface area contributed by atoms with Crippen LogP contribution < -0.4 is 10.9 Å². The Labute approximate surface area is 199 Å². The highest BCUT2D eigenvalue weighted by atomic mass is 19.3. The van der Waals surface area contributed by atoms with E-state index in [4.69, 9.17) is 4.74 Å². The monoisotopic (exact) mass is 489 g/mol. The summed E-state index contributed by atoms with van der Waals surface area (Å²) in [4.78, 5) is 35.3. The van der Waals surface area contributed by atoms with Crippen molar-refractivity contribution in [3.63, 3.8) is 0 Å². The number of fused-ring (bicyclic) bond motifs is 1. The van der Waals surface area contributed by atoms with Crippen molar-refractivity contribution < 1.29 is 22.7 Å².